The fraction of sp³-hybridized carbons (Fsp3) is 0.286. The Balaban J connectivity index is 2.00. The van der Waals surface area contributed by atoms with Gasteiger partial charge in [0.15, 0.2) is 0 Å². The normalized spacial score (nSPS) is 10.4. The number of aryl methyl sites for hydroxylation is 1. The van der Waals surface area contributed by atoms with Crippen LogP contribution in [-0.4, -0.2) is 22.3 Å². The van der Waals surface area contributed by atoms with E-state index in [1.807, 2.05) is 32.0 Å². The van der Waals surface area contributed by atoms with Crippen molar-refractivity contribution in [3.8, 4) is 0 Å². The summed E-state index contributed by atoms with van der Waals surface area (Å²) in [6.07, 6.45) is 3.34. The van der Waals surface area contributed by atoms with Gasteiger partial charge in [-0.25, -0.2) is 4.68 Å². The molecule has 0 aliphatic rings. The van der Waals surface area contributed by atoms with Gasteiger partial charge in [-0.3, -0.25) is 4.79 Å². The number of benzene rings is 1. The molecule has 0 unspecified atom stereocenters. The van der Waals surface area contributed by atoms with Gasteiger partial charge in [-0.1, -0.05) is 17.7 Å². The Morgan fingerprint density at radius 3 is 3.05 bits per heavy atom. The number of hydrogen-bond acceptors (Lipinski definition) is 3. The first-order valence-electron chi connectivity index (χ1n) is 6.17. The highest BCUT2D eigenvalue weighted by Crippen LogP contribution is 2.09. The molecule has 5 heteroatoms. The highest BCUT2D eigenvalue weighted by atomic mass is 16.5. The van der Waals surface area contributed by atoms with Gasteiger partial charge in [-0.2, -0.15) is 5.10 Å². The van der Waals surface area contributed by atoms with Crippen molar-refractivity contribution in [2.24, 2.45) is 0 Å². The van der Waals surface area contributed by atoms with Gasteiger partial charge in [-0.15, -0.1) is 0 Å². The fourth-order valence-electron chi connectivity index (χ4n) is 1.67. The predicted octanol–water partition coefficient (Wildman–Crippen LogP) is 2.44. The number of aromatic nitrogens is 2. The predicted molar refractivity (Wildman–Crippen MR) is 73.0 cm³/mol. The molecule has 2 aromatic rings. The van der Waals surface area contributed by atoms with Gasteiger partial charge in [0.1, 0.15) is 6.73 Å². The maximum atomic E-state index is 12.0. The molecule has 0 saturated carbocycles. The molecule has 0 fully saturated rings. The Morgan fingerprint density at radius 1 is 1.47 bits per heavy atom. The van der Waals surface area contributed by atoms with E-state index in [1.165, 1.54) is 0 Å². The van der Waals surface area contributed by atoms with E-state index in [-0.39, 0.29) is 5.91 Å². The minimum Gasteiger partial charge on any atom is -0.360 e. The number of carbonyl (C=O) groups is 1. The Morgan fingerprint density at radius 2 is 2.32 bits per heavy atom. The van der Waals surface area contributed by atoms with E-state index in [0.29, 0.717) is 24.6 Å². The number of ether oxygens (including phenoxy) is 1. The van der Waals surface area contributed by atoms with E-state index in [0.717, 1.165) is 5.56 Å². The third-order valence-corrected chi connectivity index (χ3v) is 2.60. The van der Waals surface area contributed by atoms with Crippen LogP contribution in [-0.2, 0) is 11.5 Å². The van der Waals surface area contributed by atoms with E-state index in [9.17, 15) is 4.79 Å². The van der Waals surface area contributed by atoms with Crippen molar-refractivity contribution in [1.82, 2.24) is 9.78 Å². The number of amides is 1. The minimum atomic E-state index is -0.139. The molecule has 0 bridgehead atoms. The van der Waals surface area contributed by atoms with Crippen LogP contribution in [0.1, 0.15) is 22.8 Å². The summed E-state index contributed by atoms with van der Waals surface area (Å²) in [7, 11) is 0. The molecule has 1 aromatic carbocycles. The molecule has 0 saturated heterocycles. The molecule has 100 valence electrons. The van der Waals surface area contributed by atoms with Crippen molar-refractivity contribution in [2.75, 3.05) is 11.9 Å². The van der Waals surface area contributed by atoms with Gasteiger partial charge in [0.25, 0.3) is 5.91 Å². The fourth-order valence-corrected chi connectivity index (χ4v) is 1.67. The molecule has 1 heterocycles. The molecule has 5 nitrogen and oxygen atoms in total. The van der Waals surface area contributed by atoms with Crippen molar-refractivity contribution in [1.29, 1.82) is 0 Å². The number of nitrogens with one attached hydrogen (secondary N) is 1. The van der Waals surface area contributed by atoms with Crippen LogP contribution in [0.15, 0.2) is 36.7 Å². The molecule has 0 atom stereocenters. The van der Waals surface area contributed by atoms with E-state index in [1.54, 1.807) is 23.1 Å². The maximum absolute atomic E-state index is 12.0. The number of hydrogen-bond donors (Lipinski definition) is 1. The summed E-state index contributed by atoms with van der Waals surface area (Å²) in [6, 6.07) is 7.45. The van der Waals surface area contributed by atoms with Crippen LogP contribution in [0, 0.1) is 6.92 Å². The van der Waals surface area contributed by atoms with E-state index in [4.69, 9.17) is 4.74 Å². The molecule has 1 N–H and O–H groups in total. The standard InChI is InChI=1S/C14H17N3O2/c1-3-19-10-17-9-13(8-15-17)16-14(18)12-6-4-5-11(2)7-12/h4-9H,3,10H2,1-2H3,(H,16,18). The largest absolute Gasteiger partial charge is 0.360 e. The third-order valence-electron chi connectivity index (χ3n) is 2.60. The van der Waals surface area contributed by atoms with Crippen LogP contribution in [0.4, 0.5) is 5.69 Å². The molecular weight excluding hydrogens is 242 g/mol. The van der Waals surface area contributed by atoms with Crippen molar-refractivity contribution in [3.05, 3.63) is 47.8 Å². The van der Waals surface area contributed by atoms with Crippen molar-refractivity contribution in [2.45, 2.75) is 20.6 Å². The number of carbonyl (C=O) groups excluding carboxylic acids is 1. The summed E-state index contributed by atoms with van der Waals surface area (Å²) in [4.78, 5) is 12.0. The second kappa shape index (κ2) is 6.15. The highest BCUT2D eigenvalue weighted by Gasteiger charge is 2.07. The van der Waals surface area contributed by atoms with E-state index in [2.05, 4.69) is 10.4 Å². The second-order valence-corrected chi connectivity index (χ2v) is 4.21. The van der Waals surface area contributed by atoms with Crippen LogP contribution in [0.2, 0.25) is 0 Å². The molecule has 0 spiro atoms. The molecule has 19 heavy (non-hydrogen) atoms. The molecule has 1 amide bonds. The van der Waals surface area contributed by atoms with Gasteiger partial charge in [0, 0.05) is 12.2 Å². The minimum absolute atomic E-state index is 0.139. The lowest BCUT2D eigenvalue weighted by atomic mass is 10.1. The average molecular weight is 259 g/mol. The van der Waals surface area contributed by atoms with E-state index < -0.39 is 0 Å². The van der Waals surface area contributed by atoms with Gasteiger partial charge in [0.2, 0.25) is 0 Å². The zero-order valence-corrected chi connectivity index (χ0v) is 11.1. The SMILES string of the molecule is CCOCn1cc(NC(=O)c2cccc(C)c2)cn1. The topological polar surface area (TPSA) is 56.1 Å². The Hall–Kier alpha value is -2.14. The molecular formula is C14H17N3O2. The van der Waals surface area contributed by atoms with Gasteiger partial charge >= 0.3 is 0 Å². The first-order valence-corrected chi connectivity index (χ1v) is 6.17. The Labute approximate surface area is 112 Å². The first kappa shape index (κ1) is 13.3. The zero-order chi connectivity index (χ0) is 13.7. The quantitative estimate of drug-likeness (QED) is 0.897. The number of nitrogens with zero attached hydrogens (tertiary/aromatic N) is 2. The molecule has 0 aliphatic heterocycles. The summed E-state index contributed by atoms with van der Waals surface area (Å²) >= 11 is 0. The number of rotatable bonds is 5. The van der Waals surface area contributed by atoms with Gasteiger partial charge in [-0.05, 0) is 26.0 Å². The molecule has 2 rings (SSSR count). The van der Waals surface area contributed by atoms with Crippen molar-refractivity contribution < 1.29 is 9.53 Å². The van der Waals surface area contributed by atoms with Crippen molar-refractivity contribution >= 4 is 11.6 Å². The van der Waals surface area contributed by atoms with Crippen LogP contribution >= 0.6 is 0 Å². The van der Waals surface area contributed by atoms with Gasteiger partial charge < -0.3 is 10.1 Å². The van der Waals surface area contributed by atoms with Gasteiger partial charge in [0.05, 0.1) is 18.1 Å². The lowest BCUT2D eigenvalue weighted by Crippen LogP contribution is -2.11. The van der Waals surface area contributed by atoms with Crippen LogP contribution < -0.4 is 5.32 Å². The summed E-state index contributed by atoms with van der Waals surface area (Å²) < 4.78 is 6.86. The Kier molecular flexibility index (Phi) is 4.30. The van der Waals surface area contributed by atoms with Crippen LogP contribution in [0.3, 0.4) is 0 Å². The monoisotopic (exact) mass is 259 g/mol. The molecule has 1 aromatic heterocycles. The molecule has 0 radical (unpaired) electrons. The van der Waals surface area contributed by atoms with Crippen LogP contribution in [0.25, 0.3) is 0 Å². The summed E-state index contributed by atoms with van der Waals surface area (Å²) in [6.45, 7) is 4.89. The van der Waals surface area contributed by atoms with Crippen molar-refractivity contribution in [3.63, 3.8) is 0 Å². The zero-order valence-electron chi connectivity index (χ0n) is 11.1. The summed E-state index contributed by atoms with van der Waals surface area (Å²) in [5.41, 5.74) is 2.35. The summed E-state index contributed by atoms with van der Waals surface area (Å²) in [5.74, 6) is -0.139. The molecule has 0 aliphatic carbocycles. The smallest absolute Gasteiger partial charge is 0.255 e. The number of anilines is 1. The Bertz CT molecular complexity index is 563. The van der Waals surface area contributed by atoms with Crippen LogP contribution in [0.5, 0.6) is 0 Å². The first-order chi connectivity index (χ1) is 9.19. The van der Waals surface area contributed by atoms with E-state index >= 15 is 0 Å². The average Bonchev–Trinajstić information content (AvgIpc) is 2.84. The maximum Gasteiger partial charge on any atom is 0.255 e. The second-order valence-electron chi connectivity index (χ2n) is 4.21. The lowest BCUT2D eigenvalue weighted by molar-refractivity contribution is 0.0792. The highest BCUT2D eigenvalue weighted by molar-refractivity contribution is 6.04. The summed E-state index contributed by atoms with van der Waals surface area (Å²) in [5, 5.41) is 6.90. The third kappa shape index (κ3) is 3.66. The lowest BCUT2D eigenvalue weighted by Gasteiger charge is -2.03.